The Labute approximate surface area is 71.5 Å². The number of Topliss-reactive ketones (excluding diaryl/α,β-unsaturated/α-hetero) is 1. The minimum atomic E-state index is -1.07. The molecule has 0 heterocycles. The topological polar surface area (TPSA) is 63.6 Å². The summed E-state index contributed by atoms with van der Waals surface area (Å²) in [6.45, 7) is 3.16. The van der Waals surface area contributed by atoms with Crippen LogP contribution in [0.4, 0.5) is 0 Å². The molecule has 0 fully saturated rings. The number of ether oxygens (including phenoxy) is 1. The van der Waals surface area contributed by atoms with Crippen LogP contribution in [0.2, 0.25) is 0 Å². The molecule has 1 N–H and O–H groups in total. The SMILES string of the molecule is CCCC(O)OC(=O)CC(C)=O. The second-order valence-electron chi connectivity index (χ2n) is 2.61. The van der Waals surface area contributed by atoms with Crippen LogP contribution in [-0.4, -0.2) is 23.1 Å². The maximum absolute atomic E-state index is 10.7. The summed E-state index contributed by atoms with van der Waals surface area (Å²) in [5.74, 6) is -0.924. The number of aliphatic hydroxyl groups is 1. The Morgan fingerprint density at radius 3 is 2.50 bits per heavy atom. The van der Waals surface area contributed by atoms with Gasteiger partial charge in [-0.05, 0) is 6.92 Å². The quantitative estimate of drug-likeness (QED) is 0.377. The molecule has 0 aromatic carbocycles. The lowest BCUT2D eigenvalue weighted by Gasteiger charge is -2.09. The molecule has 0 saturated carbocycles. The fraction of sp³-hybridized carbons (Fsp3) is 0.750. The number of esters is 1. The summed E-state index contributed by atoms with van der Waals surface area (Å²) in [6.07, 6.45) is -0.194. The van der Waals surface area contributed by atoms with Crippen LogP contribution < -0.4 is 0 Å². The van der Waals surface area contributed by atoms with Crippen molar-refractivity contribution in [2.24, 2.45) is 0 Å². The van der Waals surface area contributed by atoms with Crippen LogP contribution in [0.1, 0.15) is 33.1 Å². The van der Waals surface area contributed by atoms with Crippen molar-refractivity contribution < 1.29 is 19.4 Å². The van der Waals surface area contributed by atoms with Crippen molar-refractivity contribution in [3.8, 4) is 0 Å². The second kappa shape index (κ2) is 5.71. The maximum atomic E-state index is 10.7. The lowest BCUT2D eigenvalue weighted by atomic mass is 10.3. The van der Waals surface area contributed by atoms with E-state index in [1.807, 2.05) is 6.92 Å². The van der Waals surface area contributed by atoms with Gasteiger partial charge in [-0.15, -0.1) is 0 Å². The molecular formula is C8H14O4. The first-order chi connectivity index (χ1) is 5.56. The highest BCUT2D eigenvalue weighted by molar-refractivity contribution is 5.94. The van der Waals surface area contributed by atoms with Crippen LogP contribution in [0.3, 0.4) is 0 Å². The summed E-state index contributed by atoms with van der Waals surface area (Å²) < 4.78 is 4.50. The average Bonchev–Trinajstić information content (AvgIpc) is 1.84. The van der Waals surface area contributed by atoms with Gasteiger partial charge in [-0.1, -0.05) is 13.3 Å². The molecule has 0 bridgehead atoms. The zero-order chi connectivity index (χ0) is 9.56. The molecule has 0 aliphatic carbocycles. The number of carbonyl (C=O) groups is 2. The van der Waals surface area contributed by atoms with Crippen LogP contribution in [-0.2, 0) is 14.3 Å². The normalized spacial score (nSPS) is 12.2. The summed E-state index contributed by atoms with van der Waals surface area (Å²) >= 11 is 0. The third kappa shape index (κ3) is 5.85. The third-order valence-electron chi connectivity index (χ3n) is 1.20. The van der Waals surface area contributed by atoms with Gasteiger partial charge >= 0.3 is 5.97 Å². The van der Waals surface area contributed by atoms with Gasteiger partial charge in [0.05, 0.1) is 0 Å². The Morgan fingerprint density at radius 1 is 1.50 bits per heavy atom. The van der Waals surface area contributed by atoms with Crippen molar-refractivity contribution in [3.63, 3.8) is 0 Å². The molecule has 0 aromatic rings. The minimum absolute atomic E-state index is 0.260. The molecule has 70 valence electrons. The summed E-state index contributed by atoms with van der Waals surface area (Å²) in [5, 5.41) is 8.98. The number of aliphatic hydroxyl groups excluding tert-OH is 1. The number of carbonyl (C=O) groups excluding carboxylic acids is 2. The van der Waals surface area contributed by atoms with Crippen LogP contribution >= 0.6 is 0 Å². The van der Waals surface area contributed by atoms with Gasteiger partial charge in [0.2, 0.25) is 6.29 Å². The van der Waals surface area contributed by atoms with E-state index in [2.05, 4.69) is 4.74 Å². The minimum Gasteiger partial charge on any atom is -0.436 e. The highest BCUT2D eigenvalue weighted by Crippen LogP contribution is 2.00. The average molecular weight is 174 g/mol. The molecule has 0 saturated heterocycles. The summed E-state index contributed by atoms with van der Waals surface area (Å²) in [4.78, 5) is 21.1. The van der Waals surface area contributed by atoms with Crippen LogP contribution in [0.5, 0.6) is 0 Å². The molecule has 0 radical (unpaired) electrons. The van der Waals surface area contributed by atoms with Crippen molar-refractivity contribution >= 4 is 11.8 Å². The van der Waals surface area contributed by atoms with Gasteiger partial charge in [-0.25, -0.2) is 0 Å². The van der Waals surface area contributed by atoms with Gasteiger partial charge in [0.1, 0.15) is 12.2 Å². The molecule has 1 atom stereocenters. The number of ketones is 1. The van der Waals surface area contributed by atoms with E-state index in [9.17, 15) is 9.59 Å². The van der Waals surface area contributed by atoms with Gasteiger partial charge in [-0.2, -0.15) is 0 Å². The first kappa shape index (κ1) is 11.1. The predicted octanol–water partition coefficient (Wildman–Crippen LogP) is 0.627. The first-order valence-electron chi connectivity index (χ1n) is 3.93. The van der Waals surface area contributed by atoms with E-state index in [-0.39, 0.29) is 12.2 Å². The van der Waals surface area contributed by atoms with Crippen molar-refractivity contribution in [3.05, 3.63) is 0 Å². The molecule has 0 rings (SSSR count). The summed E-state index contributed by atoms with van der Waals surface area (Å²) in [5.41, 5.74) is 0. The van der Waals surface area contributed by atoms with Gasteiger partial charge < -0.3 is 9.84 Å². The fourth-order valence-corrected chi connectivity index (χ4v) is 0.703. The first-order valence-corrected chi connectivity index (χ1v) is 3.93. The van der Waals surface area contributed by atoms with Crippen LogP contribution in [0.15, 0.2) is 0 Å². The van der Waals surface area contributed by atoms with Crippen molar-refractivity contribution in [2.75, 3.05) is 0 Å². The molecule has 0 aliphatic rings. The Balaban J connectivity index is 3.61. The Morgan fingerprint density at radius 2 is 2.08 bits per heavy atom. The molecular weight excluding hydrogens is 160 g/mol. The molecule has 0 amide bonds. The van der Waals surface area contributed by atoms with E-state index >= 15 is 0 Å². The summed E-state index contributed by atoms with van der Waals surface area (Å²) in [6, 6.07) is 0. The van der Waals surface area contributed by atoms with Crippen molar-refractivity contribution in [2.45, 2.75) is 39.4 Å². The largest absolute Gasteiger partial charge is 0.436 e. The predicted molar refractivity (Wildman–Crippen MR) is 42.3 cm³/mol. The fourth-order valence-electron chi connectivity index (χ4n) is 0.703. The Bertz CT molecular complexity index is 164. The second-order valence-corrected chi connectivity index (χ2v) is 2.61. The van der Waals surface area contributed by atoms with E-state index in [0.717, 1.165) is 6.42 Å². The molecule has 12 heavy (non-hydrogen) atoms. The monoisotopic (exact) mass is 174 g/mol. The van der Waals surface area contributed by atoms with Crippen molar-refractivity contribution in [1.29, 1.82) is 0 Å². The number of rotatable bonds is 5. The summed E-state index contributed by atoms with van der Waals surface area (Å²) in [7, 11) is 0. The molecule has 0 aliphatic heterocycles. The Kier molecular flexibility index (Phi) is 5.28. The standard InChI is InChI=1S/C8H14O4/c1-3-4-7(10)12-8(11)5-6(2)9/h7,10H,3-5H2,1-2H3. The van der Waals surface area contributed by atoms with Gasteiger partial charge in [0.25, 0.3) is 0 Å². The highest BCUT2D eigenvalue weighted by Gasteiger charge is 2.11. The lowest BCUT2D eigenvalue weighted by molar-refractivity contribution is -0.169. The van der Waals surface area contributed by atoms with Gasteiger partial charge in [0, 0.05) is 6.42 Å². The van der Waals surface area contributed by atoms with Gasteiger partial charge in [-0.3, -0.25) is 9.59 Å². The molecule has 0 spiro atoms. The zero-order valence-corrected chi connectivity index (χ0v) is 7.37. The lowest BCUT2D eigenvalue weighted by Crippen LogP contribution is -2.18. The van der Waals surface area contributed by atoms with Crippen LogP contribution in [0.25, 0.3) is 0 Å². The maximum Gasteiger partial charge on any atom is 0.315 e. The zero-order valence-electron chi connectivity index (χ0n) is 7.37. The molecule has 4 heteroatoms. The Hall–Kier alpha value is -0.900. The van der Waals surface area contributed by atoms with E-state index in [1.165, 1.54) is 6.92 Å². The van der Waals surface area contributed by atoms with Crippen molar-refractivity contribution in [1.82, 2.24) is 0 Å². The number of hydrogen-bond acceptors (Lipinski definition) is 4. The van der Waals surface area contributed by atoms with E-state index in [1.54, 1.807) is 0 Å². The number of hydrogen-bond donors (Lipinski definition) is 1. The molecule has 4 nitrogen and oxygen atoms in total. The smallest absolute Gasteiger partial charge is 0.315 e. The van der Waals surface area contributed by atoms with E-state index in [0.29, 0.717) is 6.42 Å². The van der Waals surface area contributed by atoms with E-state index < -0.39 is 12.3 Å². The van der Waals surface area contributed by atoms with Gasteiger partial charge in [0.15, 0.2) is 0 Å². The van der Waals surface area contributed by atoms with Crippen LogP contribution in [0, 0.1) is 0 Å². The highest BCUT2D eigenvalue weighted by atomic mass is 16.6. The molecule has 0 aromatic heterocycles. The third-order valence-corrected chi connectivity index (χ3v) is 1.20. The van der Waals surface area contributed by atoms with E-state index in [4.69, 9.17) is 5.11 Å². The molecule has 1 unspecified atom stereocenters.